The van der Waals surface area contributed by atoms with E-state index in [9.17, 15) is 0 Å². The topological polar surface area (TPSA) is 46.0 Å². The van der Waals surface area contributed by atoms with Crippen LogP contribution in [-0.2, 0) is 7.05 Å². The summed E-state index contributed by atoms with van der Waals surface area (Å²) < 4.78 is 1.83. The molecular formula is C24H29N5. The molecule has 3 aromatic rings. The van der Waals surface area contributed by atoms with Gasteiger partial charge in [0.25, 0.3) is 0 Å². The van der Waals surface area contributed by atoms with Crippen molar-refractivity contribution in [3.8, 4) is 11.1 Å². The molecule has 2 bridgehead atoms. The van der Waals surface area contributed by atoms with E-state index >= 15 is 0 Å². The lowest BCUT2D eigenvalue weighted by Crippen LogP contribution is -2.43. The second kappa shape index (κ2) is 7.30. The molecule has 1 aromatic carbocycles. The van der Waals surface area contributed by atoms with E-state index in [0.717, 1.165) is 47.0 Å². The molecule has 1 N–H and O–H groups in total. The van der Waals surface area contributed by atoms with Gasteiger partial charge in [-0.1, -0.05) is 25.6 Å². The number of nitrogens with zero attached hydrogens (tertiary/aromatic N) is 4. The number of piperidine rings is 1. The Balaban J connectivity index is 1.32. The third kappa shape index (κ3) is 3.67. The lowest BCUT2D eigenvalue weighted by molar-refractivity contribution is 0.121. The molecule has 0 spiro atoms. The molecule has 150 valence electrons. The number of aryl methyl sites for hydroxylation is 1. The average Bonchev–Trinajstić information content (AvgIpc) is 3.22. The van der Waals surface area contributed by atoms with Crippen LogP contribution >= 0.6 is 0 Å². The molecule has 0 saturated carbocycles. The minimum Gasteiger partial charge on any atom is -0.343 e. The number of nitrogens with one attached hydrogen (secondary N) is 1. The molecule has 4 heterocycles. The van der Waals surface area contributed by atoms with Crippen molar-refractivity contribution in [2.45, 2.75) is 44.7 Å². The minimum absolute atomic E-state index is 0.730. The fraction of sp³-hybridized carbons (Fsp3) is 0.417. The Morgan fingerprint density at radius 2 is 1.90 bits per heavy atom. The maximum atomic E-state index is 4.61. The number of aromatic nitrogens is 3. The van der Waals surface area contributed by atoms with Gasteiger partial charge in [-0.2, -0.15) is 5.10 Å². The average molecular weight is 388 g/mol. The molecule has 2 unspecified atom stereocenters. The Hall–Kier alpha value is -2.66. The zero-order valence-electron chi connectivity index (χ0n) is 17.3. The molecule has 5 heteroatoms. The number of pyridine rings is 1. The Kier molecular flexibility index (Phi) is 4.63. The molecule has 2 atom stereocenters. The van der Waals surface area contributed by atoms with Crippen molar-refractivity contribution in [1.29, 1.82) is 0 Å². The second-order valence-corrected chi connectivity index (χ2v) is 8.90. The van der Waals surface area contributed by atoms with Crippen LogP contribution in [0.5, 0.6) is 0 Å². The Labute approximate surface area is 172 Å². The fourth-order valence-corrected chi connectivity index (χ4v) is 5.20. The SMILES string of the molecule is C=C(CN1C2CCC1CC(C)C2)Nc1cc2cc(-c3cnn(C)c3)ccc2cn1. The van der Waals surface area contributed by atoms with Gasteiger partial charge in [0.2, 0.25) is 0 Å². The molecule has 0 radical (unpaired) electrons. The van der Waals surface area contributed by atoms with Crippen LogP contribution in [0.25, 0.3) is 21.9 Å². The van der Waals surface area contributed by atoms with Gasteiger partial charge in [-0.25, -0.2) is 4.98 Å². The number of fused-ring (bicyclic) bond motifs is 3. The summed E-state index contributed by atoms with van der Waals surface area (Å²) in [7, 11) is 1.94. The molecule has 5 nitrogen and oxygen atoms in total. The van der Waals surface area contributed by atoms with E-state index in [-0.39, 0.29) is 0 Å². The predicted octanol–water partition coefficient (Wildman–Crippen LogP) is 4.82. The van der Waals surface area contributed by atoms with Crippen LogP contribution in [-0.4, -0.2) is 38.3 Å². The van der Waals surface area contributed by atoms with Crippen molar-refractivity contribution in [1.82, 2.24) is 19.7 Å². The first kappa shape index (κ1) is 18.4. The minimum atomic E-state index is 0.730. The smallest absolute Gasteiger partial charge is 0.130 e. The largest absolute Gasteiger partial charge is 0.343 e. The summed E-state index contributed by atoms with van der Waals surface area (Å²) in [6.07, 6.45) is 11.2. The van der Waals surface area contributed by atoms with Crippen molar-refractivity contribution in [2.75, 3.05) is 11.9 Å². The summed E-state index contributed by atoms with van der Waals surface area (Å²) in [4.78, 5) is 7.27. The van der Waals surface area contributed by atoms with Gasteiger partial charge in [0.1, 0.15) is 5.82 Å². The summed E-state index contributed by atoms with van der Waals surface area (Å²) in [6, 6.07) is 10.0. The van der Waals surface area contributed by atoms with Crippen LogP contribution in [0.15, 0.2) is 55.1 Å². The third-order valence-electron chi connectivity index (χ3n) is 6.56. The molecule has 2 saturated heterocycles. The van der Waals surface area contributed by atoms with Crippen LogP contribution < -0.4 is 5.32 Å². The maximum absolute atomic E-state index is 4.61. The van der Waals surface area contributed by atoms with Crippen LogP contribution in [0.3, 0.4) is 0 Å². The monoisotopic (exact) mass is 387 g/mol. The van der Waals surface area contributed by atoms with Gasteiger partial charge in [-0.05, 0) is 54.7 Å². The highest BCUT2D eigenvalue weighted by Crippen LogP contribution is 2.38. The molecule has 0 aliphatic carbocycles. The molecule has 0 amide bonds. The fourth-order valence-electron chi connectivity index (χ4n) is 5.20. The molecular weight excluding hydrogens is 358 g/mol. The second-order valence-electron chi connectivity index (χ2n) is 8.90. The van der Waals surface area contributed by atoms with Crippen molar-refractivity contribution < 1.29 is 0 Å². The molecule has 2 aliphatic heterocycles. The number of hydrogen-bond acceptors (Lipinski definition) is 4. The van der Waals surface area contributed by atoms with Crippen LogP contribution in [0.2, 0.25) is 0 Å². The highest BCUT2D eigenvalue weighted by atomic mass is 15.2. The number of hydrogen-bond donors (Lipinski definition) is 1. The van der Waals surface area contributed by atoms with E-state index in [1.807, 2.05) is 30.3 Å². The van der Waals surface area contributed by atoms with Crippen LogP contribution in [0.4, 0.5) is 5.82 Å². The third-order valence-corrected chi connectivity index (χ3v) is 6.56. The van der Waals surface area contributed by atoms with Crippen LogP contribution in [0, 0.1) is 5.92 Å². The number of rotatable bonds is 5. The first-order valence-corrected chi connectivity index (χ1v) is 10.6. The van der Waals surface area contributed by atoms with Gasteiger partial charge in [0.15, 0.2) is 0 Å². The Bertz CT molecular complexity index is 1040. The Morgan fingerprint density at radius 3 is 2.62 bits per heavy atom. The lowest BCUT2D eigenvalue weighted by atomic mass is 9.92. The molecule has 5 rings (SSSR count). The zero-order valence-corrected chi connectivity index (χ0v) is 17.3. The van der Waals surface area contributed by atoms with Crippen LogP contribution in [0.1, 0.15) is 32.6 Å². The maximum Gasteiger partial charge on any atom is 0.130 e. The van der Waals surface area contributed by atoms with E-state index in [2.05, 4.69) is 58.1 Å². The van der Waals surface area contributed by atoms with E-state index in [4.69, 9.17) is 0 Å². The standard InChI is InChI=1S/C24H29N5/c1-16-8-22-6-7-23(9-16)29(22)14-17(2)27-24-11-20-10-18(4-5-19(20)12-25-24)21-13-26-28(3)15-21/h4-5,10-13,15-16,22-23H,2,6-9,14H2,1,3H3,(H,25,27). The van der Waals surface area contributed by atoms with Gasteiger partial charge in [-0.3, -0.25) is 9.58 Å². The Morgan fingerprint density at radius 1 is 1.10 bits per heavy atom. The lowest BCUT2D eigenvalue weighted by Gasteiger charge is -2.38. The van der Waals surface area contributed by atoms with Gasteiger partial charge in [-0.15, -0.1) is 0 Å². The molecule has 2 aliphatic rings. The van der Waals surface area contributed by atoms with Crippen molar-refractivity contribution in [3.05, 3.63) is 55.1 Å². The van der Waals surface area contributed by atoms with E-state index < -0.39 is 0 Å². The number of benzene rings is 1. The van der Waals surface area contributed by atoms with Crippen molar-refractivity contribution >= 4 is 16.6 Å². The summed E-state index contributed by atoms with van der Waals surface area (Å²) in [5.41, 5.74) is 3.33. The first-order valence-electron chi connectivity index (χ1n) is 10.6. The van der Waals surface area contributed by atoms with Gasteiger partial charge in [0.05, 0.1) is 6.20 Å². The van der Waals surface area contributed by atoms with Crippen molar-refractivity contribution in [3.63, 3.8) is 0 Å². The first-order chi connectivity index (χ1) is 14.0. The summed E-state index contributed by atoms with van der Waals surface area (Å²) in [5.74, 6) is 1.73. The highest BCUT2D eigenvalue weighted by molar-refractivity contribution is 5.88. The van der Waals surface area contributed by atoms with Crippen molar-refractivity contribution in [2.24, 2.45) is 13.0 Å². The summed E-state index contributed by atoms with van der Waals surface area (Å²) >= 11 is 0. The predicted molar refractivity (Wildman–Crippen MR) is 119 cm³/mol. The summed E-state index contributed by atoms with van der Waals surface area (Å²) in [5, 5.41) is 10.1. The van der Waals surface area contributed by atoms with Gasteiger partial charge < -0.3 is 5.32 Å². The highest BCUT2D eigenvalue weighted by Gasteiger charge is 2.39. The summed E-state index contributed by atoms with van der Waals surface area (Å²) in [6.45, 7) is 7.62. The van der Waals surface area contributed by atoms with Gasteiger partial charge in [0, 0.05) is 54.7 Å². The molecule has 2 fully saturated rings. The van der Waals surface area contributed by atoms with Gasteiger partial charge >= 0.3 is 0 Å². The number of anilines is 1. The molecule has 29 heavy (non-hydrogen) atoms. The zero-order chi connectivity index (χ0) is 20.0. The van der Waals surface area contributed by atoms with E-state index in [0.29, 0.717) is 0 Å². The van der Waals surface area contributed by atoms with E-state index in [1.165, 1.54) is 36.6 Å². The van der Waals surface area contributed by atoms with E-state index in [1.54, 1.807) is 0 Å². The normalized spacial score (nSPS) is 24.1. The molecule has 2 aromatic heterocycles. The quantitative estimate of drug-likeness (QED) is 0.681.